The molecule has 1 N–H and O–H groups in total. The Hall–Kier alpha value is -2.53. The van der Waals surface area contributed by atoms with E-state index in [1.807, 2.05) is 24.3 Å². The van der Waals surface area contributed by atoms with Gasteiger partial charge in [0.1, 0.15) is 5.75 Å². The van der Waals surface area contributed by atoms with Crippen LogP contribution in [0.3, 0.4) is 0 Å². The second-order valence-electron chi connectivity index (χ2n) is 5.91. The van der Waals surface area contributed by atoms with Crippen LogP contribution in [-0.4, -0.2) is 25.5 Å². The number of para-hydroxylation sites is 1. The van der Waals surface area contributed by atoms with Crippen LogP contribution in [0.4, 0.5) is 5.69 Å². The summed E-state index contributed by atoms with van der Waals surface area (Å²) in [6.45, 7) is 0.743. The molecule has 0 aromatic heterocycles. The summed E-state index contributed by atoms with van der Waals surface area (Å²) in [7, 11) is 1.60. The molecule has 0 saturated carbocycles. The molecule has 0 aliphatic carbocycles. The number of nitrogens with one attached hydrogen (secondary N) is 1. The quantitative estimate of drug-likeness (QED) is 0.893. The molecule has 1 fully saturated rings. The molecule has 1 atom stereocenters. The summed E-state index contributed by atoms with van der Waals surface area (Å²) in [5.74, 6) is 0.182. The van der Waals surface area contributed by atoms with Gasteiger partial charge in [-0.1, -0.05) is 29.8 Å². The molecule has 6 heteroatoms. The first-order chi connectivity index (χ1) is 12.1. The number of amides is 2. The average molecular weight is 359 g/mol. The maximum Gasteiger partial charge on any atom is 0.227 e. The second-order valence-corrected chi connectivity index (χ2v) is 6.35. The van der Waals surface area contributed by atoms with Crippen LogP contribution in [-0.2, 0) is 16.1 Å². The predicted molar refractivity (Wildman–Crippen MR) is 96.8 cm³/mol. The van der Waals surface area contributed by atoms with Gasteiger partial charge in [0.05, 0.1) is 13.0 Å². The van der Waals surface area contributed by atoms with E-state index in [-0.39, 0.29) is 24.2 Å². The monoisotopic (exact) mass is 358 g/mol. The fourth-order valence-electron chi connectivity index (χ4n) is 2.93. The van der Waals surface area contributed by atoms with Crippen molar-refractivity contribution in [1.82, 2.24) is 5.32 Å². The van der Waals surface area contributed by atoms with Crippen LogP contribution in [0.25, 0.3) is 0 Å². The van der Waals surface area contributed by atoms with Gasteiger partial charge in [-0.05, 0) is 30.3 Å². The summed E-state index contributed by atoms with van der Waals surface area (Å²) in [6, 6.07) is 14.6. The first-order valence-corrected chi connectivity index (χ1v) is 8.42. The zero-order chi connectivity index (χ0) is 17.8. The van der Waals surface area contributed by atoms with Crippen LogP contribution in [0.1, 0.15) is 12.0 Å². The van der Waals surface area contributed by atoms with Crippen LogP contribution < -0.4 is 15.0 Å². The Bertz CT molecular complexity index is 776. The topological polar surface area (TPSA) is 58.6 Å². The molecule has 0 bridgehead atoms. The van der Waals surface area contributed by atoms with Gasteiger partial charge in [-0.2, -0.15) is 0 Å². The summed E-state index contributed by atoms with van der Waals surface area (Å²) in [5, 5.41) is 3.51. The summed E-state index contributed by atoms with van der Waals surface area (Å²) >= 11 is 5.88. The highest BCUT2D eigenvalue weighted by atomic mass is 35.5. The number of carbonyl (C=O) groups is 2. The van der Waals surface area contributed by atoms with E-state index in [1.165, 1.54) is 0 Å². The van der Waals surface area contributed by atoms with Gasteiger partial charge in [-0.3, -0.25) is 9.59 Å². The van der Waals surface area contributed by atoms with Gasteiger partial charge < -0.3 is 15.0 Å². The van der Waals surface area contributed by atoms with Gasteiger partial charge in [-0.25, -0.2) is 0 Å². The Labute approximate surface area is 151 Å². The van der Waals surface area contributed by atoms with Gasteiger partial charge in [0.2, 0.25) is 11.8 Å². The Morgan fingerprint density at radius 1 is 1.24 bits per heavy atom. The van der Waals surface area contributed by atoms with E-state index in [9.17, 15) is 9.59 Å². The third-order valence-corrected chi connectivity index (χ3v) is 4.53. The molecule has 5 nitrogen and oxygen atoms in total. The smallest absolute Gasteiger partial charge is 0.227 e. The lowest BCUT2D eigenvalue weighted by atomic mass is 10.1. The predicted octanol–water partition coefficient (Wildman–Crippen LogP) is 3.02. The van der Waals surface area contributed by atoms with E-state index in [0.717, 1.165) is 17.0 Å². The van der Waals surface area contributed by atoms with E-state index in [1.54, 1.807) is 36.3 Å². The molecule has 1 aliphatic heterocycles. The van der Waals surface area contributed by atoms with Crippen LogP contribution in [0.15, 0.2) is 48.5 Å². The molecule has 1 heterocycles. The maximum atomic E-state index is 12.4. The van der Waals surface area contributed by atoms with Gasteiger partial charge in [0, 0.05) is 35.8 Å². The van der Waals surface area contributed by atoms with Crippen LogP contribution in [0.5, 0.6) is 5.75 Å². The van der Waals surface area contributed by atoms with Crippen LogP contribution in [0.2, 0.25) is 5.02 Å². The number of halogens is 1. The molecule has 25 heavy (non-hydrogen) atoms. The Kier molecular flexibility index (Phi) is 5.24. The Morgan fingerprint density at radius 3 is 2.68 bits per heavy atom. The lowest BCUT2D eigenvalue weighted by Gasteiger charge is -2.17. The van der Waals surface area contributed by atoms with Crippen molar-refractivity contribution < 1.29 is 14.3 Å². The third-order valence-electron chi connectivity index (χ3n) is 4.28. The van der Waals surface area contributed by atoms with E-state index >= 15 is 0 Å². The highest BCUT2D eigenvalue weighted by Crippen LogP contribution is 2.26. The van der Waals surface area contributed by atoms with Crippen molar-refractivity contribution in [3.63, 3.8) is 0 Å². The van der Waals surface area contributed by atoms with E-state index in [2.05, 4.69) is 5.32 Å². The molecule has 1 saturated heterocycles. The summed E-state index contributed by atoms with van der Waals surface area (Å²) < 4.78 is 5.28. The number of nitrogens with zero attached hydrogens (tertiary/aromatic N) is 1. The number of hydrogen-bond acceptors (Lipinski definition) is 3. The molecule has 2 amide bonds. The van der Waals surface area contributed by atoms with E-state index in [0.29, 0.717) is 18.1 Å². The zero-order valence-electron chi connectivity index (χ0n) is 13.9. The zero-order valence-corrected chi connectivity index (χ0v) is 14.6. The average Bonchev–Trinajstić information content (AvgIpc) is 3.02. The van der Waals surface area contributed by atoms with Gasteiger partial charge >= 0.3 is 0 Å². The molecule has 2 aromatic carbocycles. The highest BCUT2D eigenvalue weighted by Gasteiger charge is 2.35. The largest absolute Gasteiger partial charge is 0.496 e. The molecular formula is C19H19ClN2O3. The van der Waals surface area contributed by atoms with Crippen molar-refractivity contribution in [1.29, 1.82) is 0 Å². The van der Waals surface area contributed by atoms with Gasteiger partial charge in [0.25, 0.3) is 0 Å². The summed E-state index contributed by atoms with van der Waals surface area (Å²) in [4.78, 5) is 26.3. The first-order valence-electron chi connectivity index (χ1n) is 8.04. The van der Waals surface area contributed by atoms with Gasteiger partial charge in [-0.15, -0.1) is 0 Å². The van der Waals surface area contributed by atoms with E-state index in [4.69, 9.17) is 16.3 Å². The summed E-state index contributed by atoms with van der Waals surface area (Å²) in [5.41, 5.74) is 1.66. The normalized spacial score (nSPS) is 16.8. The fourth-order valence-corrected chi connectivity index (χ4v) is 3.06. The molecule has 1 aliphatic rings. The number of benzene rings is 2. The van der Waals surface area contributed by atoms with Crippen molar-refractivity contribution in [2.24, 2.45) is 5.92 Å². The molecule has 130 valence electrons. The molecule has 0 unspecified atom stereocenters. The van der Waals surface area contributed by atoms with Crippen molar-refractivity contribution in [3.8, 4) is 5.75 Å². The van der Waals surface area contributed by atoms with Crippen molar-refractivity contribution in [2.45, 2.75) is 13.0 Å². The molecule has 0 radical (unpaired) electrons. The van der Waals surface area contributed by atoms with Crippen molar-refractivity contribution in [3.05, 3.63) is 59.1 Å². The maximum absolute atomic E-state index is 12.4. The van der Waals surface area contributed by atoms with Crippen molar-refractivity contribution in [2.75, 3.05) is 18.6 Å². The van der Waals surface area contributed by atoms with Crippen LogP contribution in [0, 0.1) is 5.92 Å². The van der Waals surface area contributed by atoms with Crippen LogP contribution >= 0.6 is 11.6 Å². The number of carbonyl (C=O) groups excluding carboxylic acids is 2. The SMILES string of the molecule is COc1ccccc1CNC(=O)[C@@H]1CC(=O)N(c2ccc(Cl)cc2)C1. The lowest BCUT2D eigenvalue weighted by Crippen LogP contribution is -2.32. The molecule has 3 rings (SSSR count). The standard InChI is InChI=1S/C19H19ClN2O3/c1-25-17-5-3-2-4-13(17)11-21-19(24)14-10-18(23)22(12-14)16-8-6-15(20)7-9-16/h2-9,14H,10-12H2,1H3,(H,21,24)/t14-/m1/s1. The molecule has 0 spiro atoms. The first kappa shape index (κ1) is 17.3. The summed E-state index contributed by atoms with van der Waals surface area (Å²) in [6.07, 6.45) is 0.209. The minimum atomic E-state index is -0.363. The molecular weight excluding hydrogens is 340 g/mol. The lowest BCUT2D eigenvalue weighted by molar-refractivity contribution is -0.126. The second kappa shape index (κ2) is 7.57. The Balaban J connectivity index is 1.62. The minimum absolute atomic E-state index is 0.0558. The fraction of sp³-hybridized carbons (Fsp3) is 0.263. The number of hydrogen-bond donors (Lipinski definition) is 1. The minimum Gasteiger partial charge on any atom is -0.496 e. The molecule has 2 aromatic rings. The van der Waals surface area contributed by atoms with Crippen molar-refractivity contribution >= 4 is 29.1 Å². The third kappa shape index (κ3) is 3.94. The Morgan fingerprint density at radius 2 is 1.96 bits per heavy atom. The van der Waals surface area contributed by atoms with Gasteiger partial charge in [0.15, 0.2) is 0 Å². The number of rotatable bonds is 5. The number of anilines is 1. The highest BCUT2D eigenvalue weighted by molar-refractivity contribution is 6.30. The number of methoxy groups -OCH3 is 1. The van der Waals surface area contributed by atoms with E-state index < -0.39 is 0 Å². The number of ether oxygens (including phenoxy) is 1.